The Bertz CT molecular complexity index is 515. The second kappa shape index (κ2) is 6.49. The van der Waals surface area contributed by atoms with Crippen LogP contribution in [0, 0.1) is 0 Å². The van der Waals surface area contributed by atoms with Gasteiger partial charge in [0, 0.05) is 31.9 Å². The molecule has 2 rings (SSSR count). The van der Waals surface area contributed by atoms with Crippen molar-refractivity contribution >= 4 is 11.9 Å². The molecule has 1 aromatic carbocycles. The maximum Gasteiger partial charge on any atom is 0.225 e. The van der Waals surface area contributed by atoms with Crippen molar-refractivity contribution < 1.29 is 4.79 Å². The van der Waals surface area contributed by atoms with E-state index < -0.39 is 0 Å². The molecular weight excluding hydrogens is 240 g/mol. The van der Waals surface area contributed by atoms with Crippen molar-refractivity contribution in [2.45, 2.75) is 13.0 Å². The molecule has 2 N–H and O–H groups in total. The Morgan fingerprint density at radius 3 is 2.42 bits per heavy atom. The minimum Gasteiger partial charge on any atom is -0.370 e. The number of aromatic nitrogens is 2. The quantitative estimate of drug-likeness (QED) is 0.847. The van der Waals surface area contributed by atoms with Gasteiger partial charge < -0.3 is 10.6 Å². The fraction of sp³-hybridized carbons (Fsp3) is 0.214. The minimum absolute atomic E-state index is 0.283. The van der Waals surface area contributed by atoms with E-state index in [0.29, 0.717) is 19.0 Å². The Morgan fingerprint density at radius 2 is 1.79 bits per heavy atom. The Kier molecular flexibility index (Phi) is 4.44. The van der Waals surface area contributed by atoms with E-state index in [2.05, 4.69) is 9.97 Å². The van der Waals surface area contributed by atoms with Gasteiger partial charge >= 0.3 is 0 Å². The van der Waals surface area contributed by atoms with Crippen LogP contribution in [0.1, 0.15) is 12.0 Å². The second-order valence-corrected chi connectivity index (χ2v) is 4.17. The molecule has 2 aromatic rings. The lowest BCUT2D eigenvalue weighted by atomic mass is 10.2. The van der Waals surface area contributed by atoms with Gasteiger partial charge in [-0.3, -0.25) is 4.79 Å². The highest BCUT2D eigenvalue weighted by Crippen LogP contribution is 2.11. The monoisotopic (exact) mass is 256 g/mol. The van der Waals surface area contributed by atoms with Crippen molar-refractivity contribution in [2.75, 3.05) is 11.4 Å². The van der Waals surface area contributed by atoms with Gasteiger partial charge in [-0.15, -0.1) is 0 Å². The number of benzene rings is 1. The number of rotatable bonds is 6. The summed E-state index contributed by atoms with van der Waals surface area (Å²) in [5.41, 5.74) is 6.34. The molecule has 0 atom stereocenters. The van der Waals surface area contributed by atoms with Crippen molar-refractivity contribution in [1.29, 1.82) is 0 Å². The zero-order chi connectivity index (χ0) is 13.5. The van der Waals surface area contributed by atoms with Crippen LogP contribution in [0.5, 0.6) is 0 Å². The van der Waals surface area contributed by atoms with Gasteiger partial charge in [-0.05, 0) is 11.6 Å². The van der Waals surface area contributed by atoms with E-state index in [1.807, 2.05) is 35.2 Å². The topological polar surface area (TPSA) is 72.1 Å². The lowest BCUT2D eigenvalue weighted by molar-refractivity contribution is -0.117. The third-order valence-electron chi connectivity index (χ3n) is 2.68. The molecule has 0 unspecified atom stereocenters. The summed E-state index contributed by atoms with van der Waals surface area (Å²) < 4.78 is 0. The van der Waals surface area contributed by atoms with Crippen LogP contribution in [0.2, 0.25) is 0 Å². The zero-order valence-corrected chi connectivity index (χ0v) is 10.6. The van der Waals surface area contributed by atoms with Crippen molar-refractivity contribution in [2.24, 2.45) is 5.73 Å². The number of primary amides is 1. The zero-order valence-electron chi connectivity index (χ0n) is 10.6. The molecular formula is C14H16N4O. The van der Waals surface area contributed by atoms with Crippen LogP contribution < -0.4 is 10.6 Å². The largest absolute Gasteiger partial charge is 0.370 e. The van der Waals surface area contributed by atoms with E-state index in [0.717, 1.165) is 5.56 Å². The highest BCUT2D eigenvalue weighted by molar-refractivity contribution is 5.74. The summed E-state index contributed by atoms with van der Waals surface area (Å²) in [5.74, 6) is 0.279. The summed E-state index contributed by atoms with van der Waals surface area (Å²) in [6.07, 6.45) is 3.65. The number of amides is 1. The Balaban J connectivity index is 2.12. The number of anilines is 1. The summed E-state index contributed by atoms with van der Waals surface area (Å²) in [4.78, 5) is 21.3. The molecule has 0 spiro atoms. The number of nitrogens with two attached hydrogens (primary N) is 1. The third-order valence-corrected chi connectivity index (χ3v) is 2.68. The first kappa shape index (κ1) is 13.0. The predicted octanol–water partition coefficient (Wildman–Crippen LogP) is 1.36. The van der Waals surface area contributed by atoms with Gasteiger partial charge in [-0.25, -0.2) is 9.97 Å². The van der Waals surface area contributed by atoms with Gasteiger partial charge in [0.15, 0.2) is 0 Å². The Hall–Kier alpha value is -2.43. The van der Waals surface area contributed by atoms with Crippen LogP contribution in [-0.2, 0) is 11.3 Å². The van der Waals surface area contributed by atoms with E-state index in [1.54, 1.807) is 18.5 Å². The predicted molar refractivity (Wildman–Crippen MR) is 73.3 cm³/mol. The maximum absolute atomic E-state index is 10.9. The maximum atomic E-state index is 10.9. The number of hydrogen-bond donors (Lipinski definition) is 1. The van der Waals surface area contributed by atoms with Crippen LogP contribution in [0.4, 0.5) is 5.95 Å². The van der Waals surface area contributed by atoms with E-state index in [9.17, 15) is 4.79 Å². The molecule has 0 aliphatic rings. The smallest absolute Gasteiger partial charge is 0.225 e. The number of nitrogens with zero attached hydrogens (tertiary/aromatic N) is 3. The van der Waals surface area contributed by atoms with Gasteiger partial charge in [0.2, 0.25) is 11.9 Å². The van der Waals surface area contributed by atoms with Crippen LogP contribution in [0.25, 0.3) is 0 Å². The second-order valence-electron chi connectivity index (χ2n) is 4.17. The lowest BCUT2D eigenvalue weighted by Crippen LogP contribution is -2.29. The van der Waals surface area contributed by atoms with Gasteiger partial charge in [0.1, 0.15) is 0 Å². The average Bonchev–Trinajstić information content (AvgIpc) is 2.45. The highest BCUT2D eigenvalue weighted by atomic mass is 16.1. The Morgan fingerprint density at radius 1 is 1.11 bits per heavy atom. The van der Waals surface area contributed by atoms with Crippen molar-refractivity contribution in [3.63, 3.8) is 0 Å². The van der Waals surface area contributed by atoms with Gasteiger partial charge in [-0.2, -0.15) is 0 Å². The summed E-state index contributed by atoms with van der Waals surface area (Å²) in [5, 5.41) is 0. The molecule has 1 aromatic heterocycles. The molecule has 0 aliphatic carbocycles. The Labute approximate surface area is 112 Å². The first-order valence-electron chi connectivity index (χ1n) is 6.10. The van der Waals surface area contributed by atoms with E-state index in [4.69, 9.17) is 5.73 Å². The lowest BCUT2D eigenvalue weighted by Gasteiger charge is -2.21. The fourth-order valence-corrected chi connectivity index (χ4v) is 1.75. The van der Waals surface area contributed by atoms with Gasteiger partial charge in [-0.1, -0.05) is 30.3 Å². The average molecular weight is 256 g/mol. The summed E-state index contributed by atoms with van der Waals surface area (Å²) in [7, 11) is 0. The fourth-order valence-electron chi connectivity index (χ4n) is 1.75. The number of carbonyl (C=O) groups is 1. The summed E-state index contributed by atoms with van der Waals surface area (Å²) in [6.45, 7) is 1.16. The van der Waals surface area contributed by atoms with Crippen LogP contribution in [0.15, 0.2) is 48.8 Å². The van der Waals surface area contributed by atoms with Gasteiger partial charge in [0.25, 0.3) is 0 Å². The standard InChI is InChI=1S/C14H16N4O/c15-13(19)7-10-18(14-16-8-4-9-17-14)11-12-5-2-1-3-6-12/h1-6,8-9H,7,10-11H2,(H2,15,19). The molecule has 0 aliphatic heterocycles. The first-order chi connectivity index (χ1) is 9.25. The SMILES string of the molecule is NC(=O)CCN(Cc1ccccc1)c1ncccn1. The van der Waals surface area contributed by atoms with E-state index in [-0.39, 0.29) is 12.3 Å². The number of hydrogen-bond acceptors (Lipinski definition) is 4. The van der Waals surface area contributed by atoms with E-state index in [1.165, 1.54) is 0 Å². The molecule has 0 bridgehead atoms. The molecule has 1 heterocycles. The summed E-state index contributed by atoms with van der Waals surface area (Å²) in [6, 6.07) is 11.7. The van der Waals surface area contributed by atoms with Crippen LogP contribution in [0.3, 0.4) is 0 Å². The molecule has 5 nitrogen and oxygen atoms in total. The first-order valence-corrected chi connectivity index (χ1v) is 6.10. The molecule has 1 amide bonds. The van der Waals surface area contributed by atoms with Crippen molar-refractivity contribution in [3.05, 3.63) is 54.4 Å². The van der Waals surface area contributed by atoms with Crippen molar-refractivity contribution in [3.8, 4) is 0 Å². The molecule has 0 saturated carbocycles. The molecule has 98 valence electrons. The third kappa shape index (κ3) is 4.06. The van der Waals surface area contributed by atoms with Gasteiger partial charge in [0.05, 0.1) is 0 Å². The van der Waals surface area contributed by atoms with Crippen molar-refractivity contribution in [1.82, 2.24) is 9.97 Å². The molecule has 19 heavy (non-hydrogen) atoms. The molecule has 0 saturated heterocycles. The normalized spacial score (nSPS) is 10.1. The van der Waals surface area contributed by atoms with Crippen LogP contribution in [-0.4, -0.2) is 22.4 Å². The highest BCUT2D eigenvalue weighted by Gasteiger charge is 2.10. The minimum atomic E-state index is -0.325. The van der Waals surface area contributed by atoms with E-state index >= 15 is 0 Å². The molecule has 0 fully saturated rings. The molecule has 0 radical (unpaired) electrons. The summed E-state index contributed by atoms with van der Waals surface area (Å²) >= 11 is 0. The molecule has 5 heteroatoms. The van der Waals surface area contributed by atoms with Crippen LogP contribution >= 0.6 is 0 Å². The number of carbonyl (C=O) groups excluding carboxylic acids is 1.